The van der Waals surface area contributed by atoms with Crippen LogP contribution in [-0.2, 0) is 0 Å². The predicted octanol–water partition coefficient (Wildman–Crippen LogP) is 6.70. The van der Waals surface area contributed by atoms with Crippen LogP contribution >= 0.6 is 0 Å². The highest BCUT2D eigenvalue weighted by molar-refractivity contribution is 5.73. The molecule has 0 atom stereocenters. The van der Waals surface area contributed by atoms with Crippen molar-refractivity contribution in [2.45, 2.75) is 27.7 Å². The minimum absolute atomic E-state index is 0.542. The molecular weight excluding hydrogens is 456 g/mol. The fourth-order valence-electron chi connectivity index (χ4n) is 4.27. The molecule has 6 nitrogen and oxygen atoms in total. The number of rotatable bonds is 11. The van der Waals surface area contributed by atoms with Crippen LogP contribution in [0.25, 0.3) is 30.3 Å². The molecule has 0 aliphatic carbocycles. The van der Waals surface area contributed by atoms with Crippen LogP contribution in [0, 0.1) is 0 Å². The van der Waals surface area contributed by atoms with E-state index in [9.17, 15) is 0 Å². The van der Waals surface area contributed by atoms with Gasteiger partial charge in [0, 0.05) is 49.9 Å². The molecule has 0 amide bonds. The molecule has 0 radical (unpaired) electrons. The van der Waals surface area contributed by atoms with E-state index in [0.717, 1.165) is 48.7 Å². The molecule has 2 aromatic heterocycles. The summed E-state index contributed by atoms with van der Waals surface area (Å²) in [6, 6.07) is 21.1. The standard InChI is InChI=1S/C31H36N6/c1-5-35(6-2)29-18-12-25(13-19-29)10-16-27-24-28(34-31(33-27)37-23-9-22-32-37)17-11-26-14-20-30(21-15-26)36(7-3)8-4/h9-24H,5-8H2,1-4H3/b16-10+,17-11+. The Hall–Kier alpha value is -4.19. The maximum absolute atomic E-state index is 4.72. The molecule has 0 N–H and O–H groups in total. The number of aromatic nitrogens is 4. The van der Waals surface area contributed by atoms with Crippen LogP contribution in [0.15, 0.2) is 73.1 Å². The van der Waals surface area contributed by atoms with Crippen molar-refractivity contribution < 1.29 is 0 Å². The fraction of sp³-hybridized carbons (Fsp3) is 0.258. The van der Waals surface area contributed by atoms with Gasteiger partial charge in [0.1, 0.15) is 0 Å². The molecule has 0 saturated carbocycles. The van der Waals surface area contributed by atoms with Gasteiger partial charge in [-0.15, -0.1) is 0 Å². The summed E-state index contributed by atoms with van der Waals surface area (Å²) < 4.78 is 1.69. The first-order valence-electron chi connectivity index (χ1n) is 13.1. The Bertz CT molecular complexity index is 1210. The van der Waals surface area contributed by atoms with Gasteiger partial charge < -0.3 is 9.80 Å². The normalized spacial score (nSPS) is 11.5. The highest BCUT2D eigenvalue weighted by Gasteiger charge is 2.05. The minimum Gasteiger partial charge on any atom is -0.372 e. The lowest BCUT2D eigenvalue weighted by molar-refractivity contribution is 0.804. The zero-order chi connectivity index (χ0) is 26.0. The molecule has 190 valence electrons. The van der Waals surface area contributed by atoms with Gasteiger partial charge in [0.05, 0.1) is 11.4 Å². The van der Waals surface area contributed by atoms with Gasteiger partial charge in [0.2, 0.25) is 0 Å². The molecule has 4 rings (SSSR count). The topological polar surface area (TPSA) is 50.1 Å². The van der Waals surface area contributed by atoms with Crippen molar-refractivity contribution in [1.82, 2.24) is 19.7 Å². The molecule has 2 aromatic carbocycles. The van der Waals surface area contributed by atoms with Crippen LogP contribution in [0.2, 0.25) is 0 Å². The molecule has 0 spiro atoms. The Morgan fingerprint density at radius 2 is 1.11 bits per heavy atom. The first-order chi connectivity index (χ1) is 18.1. The maximum Gasteiger partial charge on any atom is 0.251 e. The average molecular weight is 493 g/mol. The van der Waals surface area contributed by atoms with Gasteiger partial charge >= 0.3 is 0 Å². The molecule has 37 heavy (non-hydrogen) atoms. The van der Waals surface area contributed by atoms with Gasteiger partial charge in [-0.1, -0.05) is 36.4 Å². The van der Waals surface area contributed by atoms with Crippen LogP contribution in [0.1, 0.15) is 50.2 Å². The summed E-state index contributed by atoms with van der Waals surface area (Å²) in [6.07, 6.45) is 11.8. The number of anilines is 2. The third-order valence-electron chi connectivity index (χ3n) is 6.40. The van der Waals surface area contributed by atoms with Crippen LogP contribution in [0.3, 0.4) is 0 Å². The summed E-state index contributed by atoms with van der Waals surface area (Å²) >= 11 is 0. The van der Waals surface area contributed by atoms with E-state index in [1.807, 2.05) is 30.5 Å². The van der Waals surface area contributed by atoms with Gasteiger partial charge in [-0.05, 0) is 87.4 Å². The Labute approximate surface area is 220 Å². The molecule has 2 heterocycles. The SMILES string of the molecule is CCN(CC)c1ccc(/C=C/c2cc(/C=C/c3ccc(N(CC)CC)cc3)nc(-n3cccn3)n2)cc1. The summed E-state index contributed by atoms with van der Waals surface area (Å²) in [4.78, 5) is 14.1. The molecule has 0 aliphatic heterocycles. The van der Waals surface area contributed by atoms with E-state index in [4.69, 9.17) is 9.97 Å². The van der Waals surface area contributed by atoms with Crippen LogP contribution < -0.4 is 9.80 Å². The molecule has 6 heteroatoms. The Morgan fingerprint density at radius 1 is 0.649 bits per heavy atom. The first-order valence-corrected chi connectivity index (χ1v) is 13.1. The third-order valence-corrected chi connectivity index (χ3v) is 6.40. The summed E-state index contributed by atoms with van der Waals surface area (Å²) in [5.74, 6) is 0.542. The van der Waals surface area contributed by atoms with Crippen LogP contribution in [0.4, 0.5) is 11.4 Å². The number of hydrogen-bond acceptors (Lipinski definition) is 5. The van der Waals surface area contributed by atoms with Gasteiger partial charge in [-0.3, -0.25) is 0 Å². The van der Waals surface area contributed by atoms with E-state index in [2.05, 4.69) is 103 Å². The van der Waals surface area contributed by atoms with E-state index < -0.39 is 0 Å². The van der Waals surface area contributed by atoms with Crippen molar-refractivity contribution in [3.8, 4) is 5.95 Å². The lowest BCUT2D eigenvalue weighted by Crippen LogP contribution is -2.21. The second-order valence-corrected chi connectivity index (χ2v) is 8.66. The fourth-order valence-corrected chi connectivity index (χ4v) is 4.27. The van der Waals surface area contributed by atoms with Crippen LogP contribution in [0.5, 0.6) is 0 Å². The summed E-state index contributed by atoms with van der Waals surface area (Å²) in [5.41, 5.74) is 6.38. The average Bonchev–Trinajstić information content (AvgIpc) is 3.49. The Morgan fingerprint density at radius 3 is 1.49 bits per heavy atom. The Kier molecular flexibility index (Phi) is 8.87. The molecule has 0 bridgehead atoms. The number of nitrogens with zero attached hydrogens (tertiary/aromatic N) is 6. The molecular formula is C31H36N6. The smallest absolute Gasteiger partial charge is 0.251 e. The minimum atomic E-state index is 0.542. The van der Waals surface area contributed by atoms with E-state index in [1.165, 1.54) is 11.4 Å². The van der Waals surface area contributed by atoms with Crippen LogP contribution in [-0.4, -0.2) is 45.9 Å². The van der Waals surface area contributed by atoms with Crippen molar-refractivity contribution in [2.75, 3.05) is 36.0 Å². The van der Waals surface area contributed by atoms with E-state index >= 15 is 0 Å². The maximum atomic E-state index is 4.72. The van der Waals surface area contributed by atoms with Gasteiger partial charge in [0.15, 0.2) is 0 Å². The lowest BCUT2D eigenvalue weighted by atomic mass is 10.1. The van der Waals surface area contributed by atoms with E-state index in [1.54, 1.807) is 10.9 Å². The Balaban J connectivity index is 1.57. The zero-order valence-electron chi connectivity index (χ0n) is 22.2. The number of benzene rings is 2. The van der Waals surface area contributed by atoms with Crippen molar-refractivity contribution >= 4 is 35.7 Å². The monoisotopic (exact) mass is 492 g/mol. The van der Waals surface area contributed by atoms with Crippen molar-refractivity contribution in [2.24, 2.45) is 0 Å². The second kappa shape index (κ2) is 12.7. The summed E-state index contributed by atoms with van der Waals surface area (Å²) in [7, 11) is 0. The summed E-state index contributed by atoms with van der Waals surface area (Å²) in [5, 5.41) is 4.32. The molecule has 0 saturated heterocycles. The largest absolute Gasteiger partial charge is 0.372 e. The van der Waals surface area contributed by atoms with E-state index in [0.29, 0.717) is 5.95 Å². The predicted molar refractivity (Wildman–Crippen MR) is 157 cm³/mol. The molecule has 0 unspecified atom stereocenters. The summed E-state index contributed by atoms with van der Waals surface area (Å²) in [6.45, 7) is 12.7. The third kappa shape index (κ3) is 6.73. The van der Waals surface area contributed by atoms with Gasteiger partial charge in [0.25, 0.3) is 5.95 Å². The molecule has 0 aliphatic rings. The second-order valence-electron chi connectivity index (χ2n) is 8.66. The number of hydrogen-bond donors (Lipinski definition) is 0. The van der Waals surface area contributed by atoms with Crippen molar-refractivity contribution in [3.63, 3.8) is 0 Å². The zero-order valence-corrected chi connectivity index (χ0v) is 22.2. The van der Waals surface area contributed by atoms with Crippen molar-refractivity contribution in [3.05, 3.63) is 95.6 Å². The molecule has 4 aromatic rings. The van der Waals surface area contributed by atoms with Gasteiger partial charge in [-0.25, -0.2) is 14.6 Å². The quantitative estimate of drug-likeness (QED) is 0.233. The highest BCUT2D eigenvalue weighted by atomic mass is 15.3. The van der Waals surface area contributed by atoms with Crippen molar-refractivity contribution in [1.29, 1.82) is 0 Å². The lowest BCUT2D eigenvalue weighted by Gasteiger charge is -2.20. The van der Waals surface area contributed by atoms with Gasteiger partial charge in [-0.2, -0.15) is 5.10 Å². The first kappa shape index (κ1) is 25.9. The van der Waals surface area contributed by atoms with E-state index in [-0.39, 0.29) is 0 Å². The molecule has 0 fully saturated rings. The highest BCUT2D eigenvalue weighted by Crippen LogP contribution is 2.19.